The van der Waals surface area contributed by atoms with E-state index in [2.05, 4.69) is 201 Å². The van der Waals surface area contributed by atoms with Gasteiger partial charge in [-0.05, 0) is 118 Å². The summed E-state index contributed by atoms with van der Waals surface area (Å²) in [4.78, 5) is 27.3. The van der Waals surface area contributed by atoms with Gasteiger partial charge < -0.3 is 0 Å². The van der Waals surface area contributed by atoms with E-state index in [0.717, 1.165) is 61.4 Å². The molecule has 68 heavy (non-hydrogen) atoms. The molecule has 6 aromatic heterocycles. The number of nitrogens with zero attached hydrogens (tertiary/aromatic N) is 6. The maximum atomic E-state index is 4.67. The average Bonchev–Trinajstić information content (AvgIpc) is 3.41. The van der Waals surface area contributed by atoms with E-state index in [0.29, 0.717) is 0 Å². The molecule has 0 bridgehead atoms. The van der Waals surface area contributed by atoms with Crippen molar-refractivity contribution in [2.75, 3.05) is 0 Å². The predicted molar refractivity (Wildman–Crippen MR) is 277 cm³/mol. The van der Waals surface area contributed by atoms with Crippen LogP contribution in [0, 0.1) is 6.92 Å². The summed E-state index contributed by atoms with van der Waals surface area (Å²) in [7, 11) is 0. The molecule has 0 saturated heterocycles. The van der Waals surface area contributed by atoms with Gasteiger partial charge in [-0.2, -0.15) is 0 Å². The molecule has 0 aliphatic carbocycles. The topological polar surface area (TPSA) is 77.3 Å². The average molecular weight is 964 g/mol. The third kappa shape index (κ3) is 9.57. The Balaban J connectivity index is 0.000000132. The number of pyridine rings is 6. The van der Waals surface area contributed by atoms with Crippen molar-refractivity contribution in [3.8, 4) is 55.9 Å². The zero-order chi connectivity index (χ0) is 45.4. The molecule has 0 fully saturated rings. The second kappa shape index (κ2) is 21.0. The fraction of sp³-hybridized carbons (Fsp3) is 0.0492. The Morgan fingerprint density at radius 2 is 0.603 bits per heavy atom. The van der Waals surface area contributed by atoms with Crippen molar-refractivity contribution in [3.05, 3.63) is 242 Å². The molecule has 0 radical (unpaired) electrons. The third-order valence-electron chi connectivity index (χ3n) is 12.0. The normalized spacial score (nSPS) is 10.7. The van der Waals surface area contributed by atoms with Gasteiger partial charge in [-0.15, -0.1) is 0 Å². The summed E-state index contributed by atoms with van der Waals surface area (Å²) in [5.74, 6) is 0. The maximum absolute atomic E-state index is 4.67. The van der Waals surface area contributed by atoms with Crippen molar-refractivity contribution in [2.24, 2.45) is 0 Å². The fourth-order valence-electron chi connectivity index (χ4n) is 8.64. The molecule has 7 heteroatoms. The van der Waals surface area contributed by atoms with E-state index in [4.69, 9.17) is 0 Å². The quantitative estimate of drug-likeness (QED) is 0.122. The molecule has 0 aliphatic rings. The van der Waals surface area contributed by atoms with Crippen LogP contribution in [0.5, 0.6) is 0 Å². The van der Waals surface area contributed by atoms with Crippen LogP contribution in [0.3, 0.4) is 0 Å². The molecule has 6 nitrogen and oxygen atoms in total. The first-order valence-electron chi connectivity index (χ1n) is 22.6. The second-order valence-corrected chi connectivity index (χ2v) is 16.2. The van der Waals surface area contributed by atoms with Gasteiger partial charge in [-0.3, -0.25) is 29.9 Å². The Bertz CT molecular complexity index is 3230. The summed E-state index contributed by atoms with van der Waals surface area (Å²) >= 11 is 0. The van der Waals surface area contributed by atoms with Crippen LogP contribution in [-0.2, 0) is 25.9 Å². The van der Waals surface area contributed by atoms with E-state index in [1.54, 1.807) is 0 Å². The largest absolute Gasteiger partial charge is 0.255 e. The van der Waals surface area contributed by atoms with Gasteiger partial charge in [0, 0.05) is 78.2 Å². The Morgan fingerprint density at radius 1 is 0.309 bits per heavy atom. The first-order chi connectivity index (χ1) is 33.1. The molecule has 6 heterocycles. The van der Waals surface area contributed by atoms with E-state index in [9.17, 15) is 0 Å². The van der Waals surface area contributed by atoms with E-state index in [1.807, 2.05) is 73.6 Å². The summed E-state index contributed by atoms with van der Waals surface area (Å²) in [5, 5.41) is 4.51. The summed E-state index contributed by atoms with van der Waals surface area (Å²) in [6.07, 6.45) is 12.2. The van der Waals surface area contributed by atoms with Crippen LogP contribution in [0.15, 0.2) is 231 Å². The molecule has 0 spiro atoms. The number of hydrogen-bond donors (Lipinski definition) is 0. The molecule has 0 saturated carbocycles. The van der Waals surface area contributed by atoms with Crippen molar-refractivity contribution in [1.82, 2.24) is 29.9 Å². The zero-order valence-electron chi connectivity index (χ0n) is 37.7. The maximum Gasteiger partial charge on any atom is 0.0970 e. The van der Waals surface area contributed by atoms with E-state index < -0.39 is 0 Å². The van der Waals surface area contributed by atoms with Gasteiger partial charge >= 0.3 is 0 Å². The van der Waals surface area contributed by atoms with Crippen LogP contribution in [-0.4, -0.2) is 29.9 Å². The van der Waals surface area contributed by atoms with Gasteiger partial charge in [0.05, 0.1) is 33.5 Å². The van der Waals surface area contributed by atoms with E-state index in [1.165, 1.54) is 55.6 Å². The van der Waals surface area contributed by atoms with Gasteiger partial charge in [0.2, 0.25) is 0 Å². The monoisotopic (exact) mass is 964 g/mol. The molecule has 0 atom stereocenters. The third-order valence-corrected chi connectivity index (χ3v) is 12.0. The van der Waals surface area contributed by atoms with Crippen LogP contribution >= 0.6 is 0 Å². The number of benzene rings is 6. The Morgan fingerprint density at radius 3 is 0.912 bits per heavy atom. The number of hydrogen-bond acceptors (Lipinski definition) is 6. The van der Waals surface area contributed by atoms with Gasteiger partial charge in [0.15, 0.2) is 0 Å². The Labute approximate surface area is 409 Å². The molecule has 0 N–H and O–H groups in total. The molecule has 0 amide bonds. The van der Waals surface area contributed by atoms with Crippen LogP contribution < -0.4 is 0 Å². The number of rotatable bonds is 6. The number of aryl methyl sites for hydroxylation is 2. The van der Waals surface area contributed by atoms with Crippen LogP contribution in [0.1, 0.15) is 18.1 Å². The first kappa shape index (κ1) is 45.1. The number of fused-ring (bicyclic) bond motifs is 6. The van der Waals surface area contributed by atoms with Gasteiger partial charge in [-0.1, -0.05) is 153 Å². The summed E-state index contributed by atoms with van der Waals surface area (Å²) in [5.41, 5.74) is 17.7. The van der Waals surface area contributed by atoms with Crippen molar-refractivity contribution in [1.29, 1.82) is 0 Å². The standard InChI is InChI=1S/2C24H16N2.C13H14N2.Ru/c2*1-3-7-17(8-4-1)19-13-15-25-23-21(19)11-12-22-20(14-16-26-24(22)23)18-9-5-2-6-10-18;1-3-11-5-7-15-13(9-11)12-8-10(2)4-6-14-12;/h2*1-16H;4-9H,3H2,1-2H3;. The minimum Gasteiger partial charge on any atom is -0.255 e. The van der Waals surface area contributed by atoms with Crippen molar-refractivity contribution < 1.29 is 19.5 Å². The minimum absolute atomic E-state index is 0. The predicted octanol–water partition coefficient (Wildman–Crippen LogP) is 15.2. The molecule has 12 rings (SSSR count). The minimum atomic E-state index is 0. The Kier molecular flexibility index (Phi) is 13.9. The molecule has 6 aromatic carbocycles. The smallest absolute Gasteiger partial charge is 0.0970 e. The molecule has 0 aliphatic heterocycles. The SMILES string of the molecule is CCc1ccnc(-c2cc(C)ccn2)c1.[Ru].c1ccc(-c2ccnc3c2ccc2c(-c4ccccc4)ccnc23)cc1.c1ccc(-c2ccnc3c2ccc2c(-c4ccccc4)ccnc23)cc1. The summed E-state index contributed by atoms with van der Waals surface area (Å²) < 4.78 is 0. The molecule has 0 unspecified atom stereocenters. The Hall–Kier alpha value is -8.12. The van der Waals surface area contributed by atoms with Crippen LogP contribution in [0.25, 0.3) is 99.5 Å². The van der Waals surface area contributed by atoms with Crippen LogP contribution in [0.4, 0.5) is 0 Å². The number of aromatic nitrogens is 6. The molecular formula is C61H46N6Ru. The molecule has 328 valence electrons. The van der Waals surface area contributed by atoms with Crippen molar-refractivity contribution >= 4 is 43.6 Å². The summed E-state index contributed by atoms with van der Waals surface area (Å²) in [6.45, 7) is 4.21. The second-order valence-electron chi connectivity index (χ2n) is 16.2. The van der Waals surface area contributed by atoms with Gasteiger partial charge in [0.25, 0.3) is 0 Å². The van der Waals surface area contributed by atoms with Gasteiger partial charge in [0.1, 0.15) is 0 Å². The zero-order valence-corrected chi connectivity index (χ0v) is 39.4. The van der Waals surface area contributed by atoms with Crippen LogP contribution in [0.2, 0.25) is 0 Å². The van der Waals surface area contributed by atoms with E-state index >= 15 is 0 Å². The molecule has 12 aromatic rings. The fourth-order valence-corrected chi connectivity index (χ4v) is 8.64. The summed E-state index contributed by atoms with van der Waals surface area (Å²) in [6, 6.07) is 66.9. The molecular weight excluding hydrogens is 918 g/mol. The van der Waals surface area contributed by atoms with Crippen molar-refractivity contribution in [2.45, 2.75) is 20.3 Å². The first-order valence-corrected chi connectivity index (χ1v) is 22.6. The van der Waals surface area contributed by atoms with Crippen molar-refractivity contribution in [3.63, 3.8) is 0 Å². The van der Waals surface area contributed by atoms with E-state index in [-0.39, 0.29) is 19.5 Å². The van der Waals surface area contributed by atoms with Gasteiger partial charge in [-0.25, -0.2) is 0 Å².